The van der Waals surface area contributed by atoms with Crippen LogP contribution in [0.15, 0.2) is 30.5 Å². The Hall–Kier alpha value is -2.30. The van der Waals surface area contributed by atoms with E-state index in [1.807, 2.05) is 32.0 Å². The smallest absolute Gasteiger partial charge is 0.324 e. The van der Waals surface area contributed by atoms with Crippen molar-refractivity contribution < 1.29 is 9.47 Å². The molecule has 0 aliphatic carbocycles. The average molecular weight is 257 g/mol. The first kappa shape index (κ1) is 11.8. The maximum atomic E-state index is 5.92. The van der Waals surface area contributed by atoms with E-state index >= 15 is 0 Å². The molecule has 2 aromatic rings. The topological polar surface area (TPSA) is 70.3 Å². The number of anilines is 1. The maximum absolute atomic E-state index is 5.92. The van der Waals surface area contributed by atoms with Crippen molar-refractivity contribution in [2.45, 2.75) is 25.9 Å². The van der Waals surface area contributed by atoms with Crippen molar-refractivity contribution in [1.29, 1.82) is 0 Å². The summed E-state index contributed by atoms with van der Waals surface area (Å²) in [5.74, 6) is 1.76. The molecule has 0 radical (unpaired) electrons. The summed E-state index contributed by atoms with van der Waals surface area (Å²) in [4.78, 5) is 8.05. The minimum absolute atomic E-state index is 0.210. The number of rotatable bonds is 2. The normalized spacial score (nSPS) is 15.7. The molecule has 0 amide bonds. The highest BCUT2D eigenvalue weighted by molar-refractivity contribution is 5.51. The van der Waals surface area contributed by atoms with Crippen molar-refractivity contribution >= 4 is 5.82 Å². The van der Waals surface area contributed by atoms with Gasteiger partial charge in [0, 0.05) is 18.2 Å². The van der Waals surface area contributed by atoms with Gasteiger partial charge in [-0.15, -0.1) is 0 Å². The Morgan fingerprint density at radius 2 is 2.16 bits per heavy atom. The lowest BCUT2D eigenvalue weighted by Gasteiger charge is -2.17. The molecule has 5 nitrogen and oxygen atoms in total. The summed E-state index contributed by atoms with van der Waals surface area (Å²) in [6.45, 7) is 4.10. The number of aromatic nitrogens is 2. The van der Waals surface area contributed by atoms with Crippen molar-refractivity contribution in [3.8, 4) is 17.5 Å². The fourth-order valence-electron chi connectivity index (χ4n) is 2.17. The van der Waals surface area contributed by atoms with E-state index in [-0.39, 0.29) is 11.6 Å². The van der Waals surface area contributed by atoms with E-state index in [9.17, 15) is 0 Å². The largest absolute Gasteiger partial charge is 0.483 e. The van der Waals surface area contributed by atoms with E-state index in [0.717, 1.165) is 17.7 Å². The third kappa shape index (κ3) is 2.31. The molecule has 0 atom stereocenters. The molecule has 1 aromatic carbocycles. The lowest BCUT2D eigenvalue weighted by atomic mass is 10.0. The van der Waals surface area contributed by atoms with Crippen LogP contribution in [0.4, 0.5) is 5.82 Å². The van der Waals surface area contributed by atoms with Gasteiger partial charge in [0.05, 0.1) is 0 Å². The summed E-state index contributed by atoms with van der Waals surface area (Å²) in [5, 5.41) is 0. The van der Waals surface area contributed by atoms with Crippen LogP contribution in [0.25, 0.3) is 0 Å². The van der Waals surface area contributed by atoms with E-state index in [1.54, 1.807) is 12.3 Å². The molecule has 1 aromatic heterocycles. The molecule has 1 aliphatic heterocycles. The predicted molar refractivity (Wildman–Crippen MR) is 71.4 cm³/mol. The highest BCUT2D eigenvalue weighted by Crippen LogP contribution is 2.42. The number of hydrogen-bond acceptors (Lipinski definition) is 5. The van der Waals surface area contributed by atoms with Crippen LogP contribution in [0.2, 0.25) is 0 Å². The molecule has 1 aliphatic rings. The van der Waals surface area contributed by atoms with Crippen LogP contribution in [0, 0.1) is 0 Å². The second-order valence-corrected chi connectivity index (χ2v) is 5.15. The zero-order chi connectivity index (χ0) is 13.5. The second kappa shape index (κ2) is 4.12. The minimum atomic E-state index is -0.210. The van der Waals surface area contributed by atoms with Crippen LogP contribution in [0.1, 0.15) is 19.4 Å². The standard InChI is InChI=1S/C14H15N3O2/c1-14(2)8-9-4-3-5-10(12(9)19-14)18-13-16-7-6-11(15)17-13/h3-7H,8H2,1-2H3,(H2,15,16,17). The van der Waals surface area contributed by atoms with Crippen LogP contribution in [0.3, 0.4) is 0 Å². The first-order chi connectivity index (χ1) is 9.03. The molecule has 5 heteroatoms. The van der Waals surface area contributed by atoms with Crippen LogP contribution in [-0.4, -0.2) is 15.6 Å². The number of nitrogens with zero attached hydrogens (tertiary/aromatic N) is 2. The molecule has 19 heavy (non-hydrogen) atoms. The van der Waals surface area contributed by atoms with Crippen molar-refractivity contribution in [3.05, 3.63) is 36.0 Å². The third-order valence-electron chi connectivity index (χ3n) is 2.91. The summed E-state index contributed by atoms with van der Waals surface area (Å²) in [5.41, 5.74) is 6.53. The van der Waals surface area contributed by atoms with Crippen LogP contribution in [-0.2, 0) is 6.42 Å². The summed E-state index contributed by atoms with van der Waals surface area (Å²) >= 11 is 0. The Labute approximate surface area is 111 Å². The zero-order valence-corrected chi connectivity index (χ0v) is 10.9. The van der Waals surface area contributed by atoms with Crippen LogP contribution in [0.5, 0.6) is 17.5 Å². The fraction of sp³-hybridized carbons (Fsp3) is 0.286. The van der Waals surface area contributed by atoms with Gasteiger partial charge in [0.15, 0.2) is 11.5 Å². The Morgan fingerprint density at radius 1 is 1.32 bits per heavy atom. The lowest BCUT2D eigenvalue weighted by molar-refractivity contribution is 0.134. The maximum Gasteiger partial charge on any atom is 0.324 e. The first-order valence-corrected chi connectivity index (χ1v) is 6.11. The lowest BCUT2D eigenvalue weighted by Crippen LogP contribution is -2.24. The molecule has 0 fully saturated rings. The average Bonchev–Trinajstić information content (AvgIpc) is 2.64. The SMILES string of the molecule is CC1(C)Cc2cccc(Oc3nccc(N)n3)c2O1. The predicted octanol–water partition coefficient (Wildman–Crippen LogP) is 2.56. The zero-order valence-electron chi connectivity index (χ0n) is 10.9. The molecule has 98 valence electrons. The van der Waals surface area contributed by atoms with Crippen molar-refractivity contribution in [2.75, 3.05) is 5.73 Å². The number of nitrogens with two attached hydrogens (primary N) is 1. The van der Waals surface area contributed by atoms with E-state index in [1.165, 1.54) is 0 Å². The van der Waals surface area contributed by atoms with Gasteiger partial charge in [0.25, 0.3) is 0 Å². The van der Waals surface area contributed by atoms with E-state index in [2.05, 4.69) is 9.97 Å². The molecule has 2 heterocycles. The van der Waals surface area contributed by atoms with E-state index < -0.39 is 0 Å². The quantitative estimate of drug-likeness (QED) is 0.895. The van der Waals surface area contributed by atoms with E-state index in [4.69, 9.17) is 15.2 Å². The number of para-hydroxylation sites is 1. The Balaban J connectivity index is 1.94. The summed E-state index contributed by atoms with van der Waals surface area (Å²) < 4.78 is 11.6. The van der Waals surface area contributed by atoms with E-state index in [0.29, 0.717) is 11.6 Å². The molecule has 0 saturated heterocycles. The summed E-state index contributed by atoms with van der Waals surface area (Å²) in [7, 11) is 0. The second-order valence-electron chi connectivity index (χ2n) is 5.15. The van der Waals surface area contributed by atoms with Gasteiger partial charge in [-0.25, -0.2) is 4.98 Å². The van der Waals surface area contributed by atoms with Gasteiger partial charge in [0.2, 0.25) is 0 Å². The fourth-order valence-corrected chi connectivity index (χ4v) is 2.17. The van der Waals surface area contributed by atoms with Gasteiger partial charge in [-0.3, -0.25) is 0 Å². The monoisotopic (exact) mass is 257 g/mol. The molecule has 2 N–H and O–H groups in total. The number of hydrogen-bond donors (Lipinski definition) is 1. The molecular weight excluding hydrogens is 242 g/mol. The number of ether oxygens (including phenoxy) is 2. The van der Waals surface area contributed by atoms with Gasteiger partial charge >= 0.3 is 6.01 Å². The first-order valence-electron chi connectivity index (χ1n) is 6.11. The van der Waals surface area contributed by atoms with Gasteiger partial charge < -0.3 is 15.2 Å². The molecule has 0 bridgehead atoms. The molecule has 0 spiro atoms. The third-order valence-corrected chi connectivity index (χ3v) is 2.91. The molecule has 0 unspecified atom stereocenters. The minimum Gasteiger partial charge on any atom is -0.483 e. The van der Waals surface area contributed by atoms with Gasteiger partial charge in [-0.05, 0) is 26.0 Å². The number of fused-ring (bicyclic) bond motifs is 1. The van der Waals surface area contributed by atoms with Crippen molar-refractivity contribution in [1.82, 2.24) is 9.97 Å². The summed E-state index contributed by atoms with van der Waals surface area (Å²) in [6.07, 6.45) is 2.42. The van der Waals surface area contributed by atoms with Crippen molar-refractivity contribution in [2.24, 2.45) is 0 Å². The number of benzene rings is 1. The van der Waals surface area contributed by atoms with Crippen LogP contribution >= 0.6 is 0 Å². The van der Waals surface area contributed by atoms with Crippen LogP contribution < -0.4 is 15.2 Å². The molecule has 0 saturated carbocycles. The van der Waals surface area contributed by atoms with Crippen molar-refractivity contribution in [3.63, 3.8) is 0 Å². The summed E-state index contributed by atoms with van der Waals surface area (Å²) in [6, 6.07) is 7.65. The Kier molecular flexibility index (Phi) is 2.55. The Bertz CT molecular complexity index is 626. The highest BCUT2D eigenvalue weighted by atomic mass is 16.5. The highest BCUT2D eigenvalue weighted by Gasteiger charge is 2.32. The Morgan fingerprint density at radius 3 is 2.95 bits per heavy atom. The van der Waals surface area contributed by atoms with Gasteiger partial charge in [-0.1, -0.05) is 12.1 Å². The van der Waals surface area contributed by atoms with Gasteiger partial charge in [0.1, 0.15) is 11.4 Å². The molecular formula is C14H15N3O2. The molecule has 3 rings (SSSR count). The van der Waals surface area contributed by atoms with Gasteiger partial charge in [-0.2, -0.15) is 4.98 Å². The number of nitrogen functional groups attached to an aromatic ring is 1.